The lowest BCUT2D eigenvalue weighted by atomic mass is 9.74. The fraction of sp³-hybridized carbons (Fsp3) is 0.786. The van der Waals surface area contributed by atoms with Gasteiger partial charge in [0, 0.05) is 33.1 Å². The van der Waals surface area contributed by atoms with E-state index in [1.54, 1.807) is 7.05 Å². The molecule has 0 unspecified atom stereocenters. The molecule has 7 heteroatoms. The third-order valence-corrected chi connectivity index (χ3v) is 4.12. The van der Waals surface area contributed by atoms with Crippen LogP contribution in [0.25, 0.3) is 0 Å². The summed E-state index contributed by atoms with van der Waals surface area (Å²) in [6.45, 7) is 0.911. The Bertz CT molecular complexity index is 459. The van der Waals surface area contributed by atoms with Gasteiger partial charge in [0.25, 0.3) is 0 Å². The molecule has 0 amide bonds. The number of hydrogen-bond acceptors (Lipinski definition) is 7. The van der Waals surface area contributed by atoms with E-state index in [9.17, 15) is 5.11 Å². The van der Waals surface area contributed by atoms with E-state index in [1.807, 2.05) is 19.0 Å². The van der Waals surface area contributed by atoms with Gasteiger partial charge < -0.3 is 20.6 Å². The van der Waals surface area contributed by atoms with Crippen molar-refractivity contribution in [2.45, 2.75) is 32.1 Å². The molecule has 1 fully saturated rings. The number of anilines is 3. The van der Waals surface area contributed by atoms with Crippen molar-refractivity contribution in [3.63, 3.8) is 0 Å². The molecule has 1 aliphatic rings. The highest BCUT2D eigenvalue weighted by atomic mass is 16.3. The quantitative estimate of drug-likeness (QED) is 0.729. The zero-order valence-electron chi connectivity index (χ0n) is 13.2. The van der Waals surface area contributed by atoms with Gasteiger partial charge >= 0.3 is 0 Å². The summed E-state index contributed by atoms with van der Waals surface area (Å²) < 4.78 is 0. The maximum absolute atomic E-state index is 9.75. The second kappa shape index (κ2) is 6.89. The third-order valence-electron chi connectivity index (χ3n) is 4.12. The number of aliphatic hydroxyl groups excluding tert-OH is 1. The largest absolute Gasteiger partial charge is 0.396 e. The summed E-state index contributed by atoms with van der Waals surface area (Å²) in [4.78, 5) is 14.9. The van der Waals surface area contributed by atoms with Crippen LogP contribution < -0.4 is 15.5 Å². The Hall–Kier alpha value is -1.63. The maximum Gasteiger partial charge on any atom is 0.231 e. The van der Waals surface area contributed by atoms with Crippen molar-refractivity contribution in [3.05, 3.63) is 0 Å². The van der Waals surface area contributed by atoms with E-state index in [4.69, 9.17) is 0 Å². The Kier molecular flexibility index (Phi) is 5.17. The molecule has 7 nitrogen and oxygen atoms in total. The van der Waals surface area contributed by atoms with Gasteiger partial charge in [0.2, 0.25) is 17.8 Å². The van der Waals surface area contributed by atoms with Crippen LogP contribution in [0.15, 0.2) is 0 Å². The van der Waals surface area contributed by atoms with Crippen molar-refractivity contribution >= 4 is 17.8 Å². The molecule has 3 N–H and O–H groups in total. The van der Waals surface area contributed by atoms with Crippen LogP contribution in [0.5, 0.6) is 0 Å². The number of aromatic nitrogens is 3. The molecular formula is C14H26N6O. The Morgan fingerprint density at radius 3 is 2.33 bits per heavy atom. The second-order valence-electron chi connectivity index (χ2n) is 6.00. The van der Waals surface area contributed by atoms with Gasteiger partial charge in [0.1, 0.15) is 0 Å². The molecule has 0 spiro atoms. The predicted molar refractivity (Wildman–Crippen MR) is 84.8 cm³/mol. The average molecular weight is 294 g/mol. The van der Waals surface area contributed by atoms with Gasteiger partial charge in [-0.15, -0.1) is 0 Å². The molecule has 0 aromatic carbocycles. The highest BCUT2D eigenvalue weighted by Crippen LogP contribution is 2.35. The lowest BCUT2D eigenvalue weighted by Crippen LogP contribution is -2.36. The molecular weight excluding hydrogens is 268 g/mol. The van der Waals surface area contributed by atoms with E-state index in [0.29, 0.717) is 24.4 Å². The van der Waals surface area contributed by atoms with E-state index in [0.717, 1.165) is 12.8 Å². The average Bonchev–Trinajstić information content (AvgIpc) is 2.53. The minimum atomic E-state index is -0.0387. The summed E-state index contributed by atoms with van der Waals surface area (Å²) in [7, 11) is 5.58. The third kappa shape index (κ3) is 3.93. The molecule has 0 saturated heterocycles. The van der Waals surface area contributed by atoms with Crippen LogP contribution in [0.1, 0.15) is 32.1 Å². The number of rotatable bonds is 6. The normalized spacial score (nSPS) is 17.3. The summed E-state index contributed by atoms with van der Waals surface area (Å²) in [5, 5.41) is 16.0. The van der Waals surface area contributed by atoms with Crippen molar-refractivity contribution < 1.29 is 5.11 Å². The zero-order valence-corrected chi connectivity index (χ0v) is 13.2. The fourth-order valence-electron chi connectivity index (χ4n) is 2.71. The lowest BCUT2D eigenvalue weighted by Gasteiger charge is -2.35. The summed E-state index contributed by atoms with van der Waals surface area (Å²) >= 11 is 0. The molecule has 0 bridgehead atoms. The van der Waals surface area contributed by atoms with Crippen LogP contribution in [0.4, 0.5) is 17.8 Å². The number of nitrogens with one attached hydrogen (secondary N) is 2. The second-order valence-corrected chi connectivity index (χ2v) is 6.00. The van der Waals surface area contributed by atoms with Gasteiger partial charge in [-0.25, -0.2) is 0 Å². The Labute approximate surface area is 126 Å². The topological polar surface area (TPSA) is 86.2 Å². The molecule has 0 radical (unpaired) electrons. The molecule has 1 saturated carbocycles. The minimum absolute atomic E-state index is 0.0387. The summed E-state index contributed by atoms with van der Waals surface area (Å²) in [5.74, 6) is 1.70. The van der Waals surface area contributed by atoms with Crippen LogP contribution >= 0.6 is 0 Å². The molecule has 0 aliphatic heterocycles. The Morgan fingerprint density at radius 1 is 1.10 bits per heavy atom. The van der Waals surface area contributed by atoms with Gasteiger partial charge in [-0.3, -0.25) is 0 Å². The SMILES string of the molecule is CNc1nc(NCC2(CO)CCCCC2)nc(N(C)C)n1. The Morgan fingerprint density at radius 2 is 1.76 bits per heavy atom. The molecule has 118 valence electrons. The molecule has 0 atom stereocenters. The van der Waals surface area contributed by atoms with E-state index >= 15 is 0 Å². The standard InChI is InChI=1S/C14H26N6O/c1-15-11-17-12(19-13(18-11)20(2)3)16-9-14(10-21)7-5-4-6-8-14/h21H,4-10H2,1-3H3,(H2,15,16,17,18,19). The summed E-state index contributed by atoms with van der Waals surface area (Å²) in [6.07, 6.45) is 5.75. The van der Waals surface area contributed by atoms with E-state index in [-0.39, 0.29) is 12.0 Å². The van der Waals surface area contributed by atoms with Gasteiger partial charge in [0.05, 0.1) is 6.61 Å². The maximum atomic E-state index is 9.75. The number of aliphatic hydroxyl groups is 1. The summed E-state index contributed by atoms with van der Waals surface area (Å²) in [5.41, 5.74) is -0.0387. The van der Waals surface area contributed by atoms with Gasteiger partial charge in [-0.1, -0.05) is 19.3 Å². The van der Waals surface area contributed by atoms with Crippen molar-refractivity contribution in [3.8, 4) is 0 Å². The van der Waals surface area contributed by atoms with Crippen molar-refractivity contribution in [2.75, 3.05) is 49.8 Å². The van der Waals surface area contributed by atoms with E-state index in [2.05, 4.69) is 25.6 Å². The molecule has 1 heterocycles. The van der Waals surface area contributed by atoms with Crippen molar-refractivity contribution in [2.24, 2.45) is 5.41 Å². The molecule has 1 aromatic heterocycles. The first-order valence-corrected chi connectivity index (χ1v) is 7.54. The zero-order chi connectivity index (χ0) is 15.3. The number of nitrogens with zero attached hydrogens (tertiary/aromatic N) is 4. The molecule has 2 rings (SSSR count). The highest BCUT2D eigenvalue weighted by Gasteiger charge is 2.31. The van der Waals surface area contributed by atoms with Crippen LogP contribution in [-0.4, -0.2) is 54.4 Å². The van der Waals surface area contributed by atoms with Crippen LogP contribution in [-0.2, 0) is 0 Å². The fourth-order valence-corrected chi connectivity index (χ4v) is 2.71. The Balaban J connectivity index is 2.09. The molecule has 1 aromatic rings. The van der Waals surface area contributed by atoms with Gasteiger partial charge in [0.15, 0.2) is 0 Å². The monoisotopic (exact) mass is 294 g/mol. The van der Waals surface area contributed by atoms with Crippen LogP contribution in [0, 0.1) is 5.41 Å². The van der Waals surface area contributed by atoms with Crippen molar-refractivity contribution in [1.29, 1.82) is 0 Å². The predicted octanol–water partition coefficient (Wildman–Crippen LogP) is 1.33. The number of hydrogen-bond donors (Lipinski definition) is 3. The van der Waals surface area contributed by atoms with Gasteiger partial charge in [-0.2, -0.15) is 15.0 Å². The first-order chi connectivity index (χ1) is 10.1. The molecule has 1 aliphatic carbocycles. The highest BCUT2D eigenvalue weighted by molar-refractivity contribution is 5.42. The van der Waals surface area contributed by atoms with Crippen LogP contribution in [0.3, 0.4) is 0 Å². The van der Waals surface area contributed by atoms with Gasteiger partial charge in [-0.05, 0) is 12.8 Å². The summed E-state index contributed by atoms with van der Waals surface area (Å²) in [6, 6.07) is 0. The first kappa shape index (κ1) is 15.8. The van der Waals surface area contributed by atoms with E-state index in [1.165, 1.54) is 19.3 Å². The van der Waals surface area contributed by atoms with Crippen LogP contribution in [0.2, 0.25) is 0 Å². The van der Waals surface area contributed by atoms with Crippen molar-refractivity contribution in [1.82, 2.24) is 15.0 Å². The smallest absolute Gasteiger partial charge is 0.231 e. The minimum Gasteiger partial charge on any atom is -0.396 e. The lowest BCUT2D eigenvalue weighted by molar-refractivity contribution is 0.0942. The molecule has 21 heavy (non-hydrogen) atoms. The van der Waals surface area contributed by atoms with E-state index < -0.39 is 0 Å². The first-order valence-electron chi connectivity index (χ1n) is 7.54.